The molecule has 0 atom stereocenters. The van der Waals surface area contributed by atoms with Crippen LogP contribution in [0.1, 0.15) is 12.8 Å². The van der Waals surface area contributed by atoms with Crippen molar-refractivity contribution in [3.8, 4) is 0 Å². The maximum atomic E-state index is 12.2. The average Bonchev–Trinajstić information content (AvgIpc) is 3.21. The Kier molecular flexibility index (Phi) is 5.12. The fraction of sp³-hybridized carbons (Fsp3) is 0.333. The molecule has 2 aromatic rings. The van der Waals surface area contributed by atoms with Crippen molar-refractivity contribution in [2.45, 2.75) is 17.7 Å². The Morgan fingerprint density at radius 2 is 1.92 bits per heavy atom. The summed E-state index contributed by atoms with van der Waals surface area (Å²) >= 11 is 1.21. The highest BCUT2D eigenvalue weighted by molar-refractivity contribution is 7.93. The molecule has 1 amide bonds. The summed E-state index contributed by atoms with van der Waals surface area (Å²) in [5.41, 5.74) is 0.576. The quantitative estimate of drug-likeness (QED) is 0.816. The smallest absolute Gasteiger partial charge is 0.263 e. The van der Waals surface area contributed by atoms with Crippen LogP contribution in [0.2, 0.25) is 0 Å². The highest BCUT2D eigenvalue weighted by Gasteiger charge is 2.17. The molecule has 3 rings (SSSR count). The molecule has 2 N–H and O–H groups in total. The van der Waals surface area contributed by atoms with E-state index in [0.29, 0.717) is 17.4 Å². The van der Waals surface area contributed by atoms with Gasteiger partial charge in [0, 0.05) is 17.3 Å². The lowest BCUT2D eigenvalue weighted by molar-refractivity contribution is -0.117. The highest BCUT2D eigenvalue weighted by Crippen LogP contribution is 2.19. The number of hydrogen-bond donors (Lipinski definition) is 2. The van der Waals surface area contributed by atoms with Crippen molar-refractivity contribution in [2.24, 2.45) is 0 Å². The van der Waals surface area contributed by atoms with Gasteiger partial charge < -0.3 is 5.32 Å². The number of hydrogen-bond acceptors (Lipinski definition) is 6. The van der Waals surface area contributed by atoms with Gasteiger partial charge in [-0.2, -0.15) is 0 Å². The Hall–Kier alpha value is -1.97. The number of benzene rings is 1. The molecule has 0 aliphatic carbocycles. The third-order valence-corrected chi connectivity index (χ3v) is 5.84. The van der Waals surface area contributed by atoms with Crippen molar-refractivity contribution in [3.63, 3.8) is 0 Å². The van der Waals surface area contributed by atoms with Crippen LogP contribution in [0, 0.1) is 0 Å². The van der Waals surface area contributed by atoms with Crippen LogP contribution < -0.4 is 10.0 Å². The van der Waals surface area contributed by atoms with Gasteiger partial charge >= 0.3 is 0 Å². The van der Waals surface area contributed by atoms with Crippen molar-refractivity contribution in [1.82, 2.24) is 9.88 Å². The lowest BCUT2D eigenvalue weighted by Crippen LogP contribution is -2.30. The predicted molar refractivity (Wildman–Crippen MR) is 93.7 cm³/mol. The Morgan fingerprint density at radius 1 is 1.21 bits per heavy atom. The molecule has 0 saturated carbocycles. The van der Waals surface area contributed by atoms with E-state index in [1.807, 2.05) is 0 Å². The lowest BCUT2D eigenvalue weighted by Gasteiger charge is -2.14. The first-order chi connectivity index (χ1) is 11.5. The topological polar surface area (TPSA) is 91.4 Å². The minimum atomic E-state index is -3.67. The number of rotatable bonds is 6. The van der Waals surface area contributed by atoms with Crippen LogP contribution in [0.3, 0.4) is 0 Å². The van der Waals surface area contributed by atoms with E-state index >= 15 is 0 Å². The summed E-state index contributed by atoms with van der Waals surface area (Å²) in [7, 11) is -3.67. The molecule has 24 heavy (non-hydrogen) atoms. The second-order valence-corrected chi connectivity index (χ2v) is 8.08. The number of carbonyl (C=O) groups is 1. The number of carbonyl (C=O) groups excluding carboxylic acids is 1. The van der Waals surface area contributed by atoms with E-state index in [1.165, 1.54) is 29.7 Å². The zero-order valence-corrected chi connectivity index (χ0v) is 14.6. The first-order valence-electron chi connectivity index (χ1n) is 7.57. The van der Waals surface area contributed by atoms with E-state index in [1.54, 1.807) is 17.5 Å². The standard InChI is InChI=1S/C15H18N4O3S2/c20-14(11-19-8-1-2-9-19)17-12-3-5-13(6-4-12)24(21,22)18-15-16-7-10-23-15/h3-7,10H,1-2,8-9,11H2,(H,16,18)(H,17,20). The average molecular weight is 366 g/mol. The zero-order chi connectivity index (χ0) is 17.0. The minimum Gasteiger partial charge on any atom is -0.325 e. The third-order valence-electron chi connectivity index (χ3n) is 3.67. The SMILES string of the molecule is O=C(CN1CCCC1)Nc1ccc(S(=O)(=O)Nc2nccs2)cc1. The van der Waals surface area contributed by atoms with Crippen LogP contribution in [-0.4, -0.2) is 43.8 Å². The number of nitrogens with one attached hydrogen (secondary N) is 2. The monoisotopic (exact) mass is 366 g/mol. The number of nitrogens with zero attached hydrogens (tertiary/aromatic N) is 2. The van der Waals surface area contributed by atoms with Crippen LogP contribution in [0.25, 0.3) is 0 Å². The molecular formula is C15H18N4O3S2. The van der Waals surface area contributed by atoms with Gasteiger partial charge in [-0.05, 0) is 50.2 Å². The molecule has 7 nitrogen and oxygen atoms in total. The summed E-state index contributed by atoms with van der Waals surface area (Å²) < 4.78 is 26.9. The number of thiazole rings is 1. The van der Waals surface area contributed by atoms with Gasteiger partial charge in [0.25, 0.3) is 10.0 Å². The Morgan fingerprint density at radius 3 is 2.54 bits per heavy atom. The number of aromatic nitrogens is 1. The zero-order valence-electron chi connectivity index (χ0n) is 12.9. The van der Waals surface area contributed by atoms with Crippen molar-refractivity contribution in [2.75, 3.05) is 29.7 Å². The normalized spacial score (nSPS) is 15.3. The minimum absolute atomic E-state index is 0.0894. The molecule has 0 spiro atoms. The number of sulfonamides is 1. The largest absolute Gasteiger partial charge is 0.325 e. The molecule has 1 aliphatic rings. The summed E-state index contributed by atoms with van der Waals surface area (Å²) in [4.78, 5) is 18.1. The number of likely N-dealkylation sites (tertiary alicyclic amines) is 1. The fourth-order valence-corrected chi connectivity index (χ4v) is 4.30. The molecule has 1 saturated heterocycles. The van der Waals surface area contributed by atoms with Gasteiger partial charge in [-0.15, -0.1) is 11.3 Å². The van der Waals surface area contributed by atoms with Gasteiger partial charge in [-0.25, -0.2) is 13.4 Å². The first kappa shape index (κ1) is 16.9. The van der Waals surface area contributed by atoms with E-state index in [2.05, 4.69) is 19.9 Å². The summed E-state index contributed by atoms with van der Waals surface area (Å²) in [5, 5.41) is 4.80. The van der Waals surface area contributed by atoms with Gasteiger partial charge in [0.1, 0.15) is 0 Å². The van der Waals surface area contributed by atoms with E-state index in [9.17, 15) is 13.2 Å². The van der Waals surface area contributed by atoms with E-state index in [4.69, 9.17) is 0 Å². The fourth-order valence-electron chi connectivity index (χ4n) is 2.51. The molecule has 9 heteroatoms. The Labute approximate surface area is 144 Å². The van der Waals surface area contributed by atoms with E-state index in [-0.39, 0.29) is 10.8 Å². The van der Waals surface area contributed by atoms with Crippen molar-refractivity contribution in [3.05, 3.63) is 35.8 Å². The van der Waals surface area contributed by atoms with Crippen molar-refractivity contribution < 1.29 is 13.2 Å². The Bertz CT molecular complexity index is 783. The van der Waals surface area contributed by atoms with Crippen molar-refractivity contribution in [1.29, 1.82) is 0 Å². The maximum absolute atomic E-state index is 12.2. The van der Waals surface area contributed by atoms with Gasteiger partial charge in [-0.1, -0.05) is 0 Å². The summed E-state index contributed by atoms with van der Waals surface area (Å²) in [5.74, 6) is -0.0894. The van der Waals surface area contributed by atoms with Crippen LogP contribution in [-0.2, 0) is 14.8 Å². The molecule has 1 aliphatic heterocycles. The van der Waals surface area contributed by atoms with Crippen molar-refractivity contribution >= 4 is 38.1 Å². The molecule has 1 aromatic heterocycles. The van der Waals surface area contributed by atoms with E-state index < -0.39 is 10.0 Å². The molecule has 0 bridgehead atoms. The molecule has 2 heterocycles. The molecule has 1 aromatic carbocycles. The third kappa shape index (κ3) is 4.31. The van der Waals surface area contributed by atoms with Crippen LogP contribution in [0.5, 0.6) is 0 Å². The number of amides is 1. The molecule has 0 radical (unpaired) electrons. The second-order valence-electron chi connectivity index (χ2n) is 5.50. The summed E-state index contributed by atoms with van der Waals surface area (Å²) in [6.45, 7) is 2.27. The molecule has 128 valence electrons. The first-order valence-corrected chi connectivity index (χ1v) is 9.94. The predicted octanol–water partition coefficient (Wildman–Crippen LogP) is 1.98. The lowest BCUT2D eigenvalue weighted by atomic mass is 10.3. The Balaban J connectivity index is 1.61. The van der Waals surface area contributed by atoms with Crippen LogP contribution in [0.4, 0.5) is 10.8 Å². The highest BCUT2D eigenvalue weighted by atomic mass is 32.2. The van der Waals surface area contributed by atoms with Gasteiger partial charge in [0.05, 0.1) is 11.4 Å². The molecular weight excluding hydrogens is 348 g/mol. The summed E-state index contributed by atoms with van der Waals surface area (Å²) in [6, 6.07) is 6.08. The van der Waals surface area contributed by atoms with Crippen LogP contribution in [0.15, 0.2) is 40.7 Å². The number of anilines is 2. The van der Waals surface area contributed by atoms with E-state index in [0.717, 1.165) is 25.9 Å². The maximum Gasteiger partial charge on any atom is 0.263 e. The van der Waals surface area contributed by atoms with Gasteiger partial charge in [-0.3, -0.25) is 14.4 Å². The second kappa shape index (κ2) is 7.29. The van der Waals surface area contributed by atoms with Gasteiger partial charge in [0.15, 0.2) is 5.13 Å². The van der Waals surface area contributed by atoms with Crippen LogP contribution >= 0.6 is 11.3 Å². The molecule has 1 fully saturated rings. The molecule has 0 unspecified atom stereocenters. The van der Waals surface area contributed by atoms with Gasteiger partial charge in [0.2, 0.25) is 5.91 Å². The summed E-state index contributed by atoms with van der Waals surface area (Å²) in [6.07, 6.45) is 3.79.